The van der Waals surface area contributed by atoms with Crippen molar-refractivity contribution in [3.05, 3.63) is 99.6 Å². The minimum absolute atomic E-state index is 0.107. The molecule has 2 amide bonds. The second-order valence-electron chi connectivity index (χ2n) is 6.20. The number of nitrogens with zero attached hydrogens (tertiary/aromatic N) is 2. The number of nitro groups is 1. The van der Waals surface area contributed by atoms with E-state index < -0.39 is 10.8 Å². The molecule has 1 aliphatic rings. The molecule has 4 rings (SSSR count). The van der Waals surface area contributed by atoms with Crippen LogP contribution in [0.25, 0.3) is 11.1 Å². The number of benzene rings is 3. The van der Waals surface area contributed by atoms with E-state index in [0.29, 0.717) is 5.56 Å². The fraction of sp³-hybridized carbons (Fsp3) is 0.0476. The average Bonchev–Trinajstić information content (AvgIpc) is 2.83. The number of nitro benzene ring substituents is 1. The third-order valence-corrected chi connectivity index (χ3v) is 4.61. The SMILES string of the molecule is O=C(c1ccc([N+](=O)[O-])cc1)N1Cc2ccccc2-c2ccccc2C1=O. The van der Waals surface area contributed by atoms with Gasteiger partial charge < -0.3 is 0 Å². The Morgan fingerprint density at radius 3 is 2.11 bits per heavy atom. The second-order valence-corrected chi connectivity index (χ2v) is 6.20. The number of carbonyl (C=O) groups excluding carboxylic acids is 2. The van der Waals surface area contributed by atoms with Gasteiger partial charge in [-0.25, -0.2) is 0 Å². The zero-order valence-corrected chi connectivity index (χ0v) is 14.2. The fourth-order valence-corrected chi connectivity index (χ4v) is 3.26. The largest absolute Gasteiger partial charge is 0.270 e. The first-order valence-electron chi connectivity index (χ1n) is 8.34. The van der Waals surface area contributed by atoms with Gasteiger partial charge in [0.2, 0.25) is 0 Å². The normalized spacial score (nSPS) is 12.7. The summed E-state index contributed by atoms with van der Waals surface area (Å²) in [6.07, 6.45) is 0. The number of hydrogen-bond donors (Lipinski definition) is 0. The van der Waals surface area contributed by atoms with Crippen LogP contribution in [0.4, 0.5) is 5.69 Å². The monoisotopic (exact) mass is 358 g/mol. The van der Waals surface area contributed by atoms with E-state index in [0.717, 1.165) is 16.7 Å². The Kier molecular flexibility index (Phi) is 4.01. The molecule has 0 fully saturated rings. The molecule has 0 bridgehead atoms. The van der Waals surface area contributed by atoms with Gasteiger partial charge in [0, 0.05) is 23.3 Å². The first-order chi connectivity index (χ1) is 13.1. The van der Waals surface area contributed by atoms with Gasteiger partial charge in [-0.15, -0.1) is 0 Å². The van der Waals surface area contributed by atoms with Crippen LogP contribution < -0.4 is 0 Å². The Balaban J connectivity index is 1.79. The molecule has 3 aromatic carbocycles. The summed E-state index contributed by atoms with van der Waals surface area (Å²) in [5.74, 6) is -0.869. The van der Waals surface area contributed by atoms with E-state index >= 15 is 0 Å². The molecule has 0 N–H and O–H groups in total. The topological polar surface area (TPSA) is 80.5 Å². The summed E-state index contributed by atoms with van der Waals surface area (Å²) in [5.41, 5.74) is 3.15. The van der Waals surface area contributed by atoms with E-state index in [2.05, 4.69) is 0 Å². The molecule has 1 aliphatic heterocycles. The van der Waals surface area contributed by atoms with Gasteiger partial charge in [-0.2, -0.15) is 0 Å². The van der Waals surface area contributed by atoms with Crippen LogP contribution in [0.3, 0.4) is 0 Å². The highest BCUT2D eigenvalue weighted by Gasteiger charge is 2.30. The van der Waals surface area contributed by atoms with Crippen molar-refractivity contribution in [3.63, 3.8) is 0 Å². The third kappa shape index (κ3) is 2.87. The minimum Gasteiger partial charge on any atom is -0.270 e. The van der Waals surface area contributed by atoms with E-state index in [9.17, 15) is 19.7 Å². The van der Waals surface area contributed by atoms with E-state index in [1.807, 2.05) is 36.4 Å². The molecule has 0 saturated heterocycles. The van der Waals surface area contributed by atoms with Crippen molar-refractivity contribution in [2.24, 2.45) is 0 Å². The smallest absolute Gasteiger partial charge is 0.269 e. The lowest BCUT2D eigenvalue weighted by molar-refractivity contribution is -0.384. The molecule has 0 aromatic heterocycles. The minimum atomic E-state index is -0.530. The van der Waals surface area contributed by atoms with Gasteiger partial charge in [0.25, 0.3) is 17.5 Å². The quantitative estimate of drug-likeness (QED) is 0.393. The molecule has 6 nitrogen and oxygen atoms in total. The molecule has 27 heavy (non-hydrogen) atoms. The molecule has 0 unspecified atom stereocenters. The van der Waals surface area contributed by atoms with Gasteiger partial charge in [0.1, 0.15) is 0 Å². The summed E-state index contributed by atoms with van der Waals surface area (Å²) < 4.78 is 0. The van der Waals surface area contributed by atoms with E-state index in [-0.39, 0.29) is 23.7 Å². The van der Waals surface area contributed by atoms with Crippen molar-refractivity contribution < 1.29 is 14.5 Å². The van der Waals surface area contributed by atoms with E-state index in [4.69, 9.17) is 0 Å². The molecule has 0 atom stereocenters. The Labute approximate surface area is 154 Å². The maximum absolute atomic E-state index is 13.1. The van der Waals surface area contributed by atoms with Crippen molar-refractivity contribution >= 4 is 17.5 Å². The molecular weight excluding hydrogens is 344 g/mol. The number of hydrogen-bond acceptors (Lipinski definition) is 4. The van der Waals surface area contributed by atoms with Gasteiger partial charge >= 0.3 is 0 Å². The number of imide groups is 1. The van der Waals surface area contributed by atoms with Crippen LogP contribution in [0.2, 0.25) is 0 Å². The van der Waals surface area contributed by atoms with Gasteiger partial charge in [0.05, 0.1) is 11.5 Å². The Hall–Kier alpha value is -3.80. The van der Waals surface area contributed by atoms with Gasteiger partial charge in [-0.1, -0.05) is 42.5 Å². The maximum Gasteiger partial charge on any atom is 0.269 e. The summed E-state index contributed by atoms with van der Waals surface area (Å²) in [6, 6.07) is 20.0. The molecule has 0 spiro atoms. The van der Waals surface area contributed by atoms with Crippen LogP contribution in [0.15, 0.2) is 72.8 Å². The van der Waals surface area contributed by atoms with Crippen molar-refractivity contribution in [2.75, 3.05) is 0 Å². The summed E-state index contributed by atoms with van der Waals surface area (Å²) in [5, 5.41) is 10.8. The van der Waals surface area contributed by atoms with Crippen LogP contribution in [0.1, 0.15) is 26.3 Å². The van der Waals surface area contributed by atoms with Gasteiger partial charge in [0.15, 0.2) is 0 Å². The standard InChI is InChI=1S/C21H14N2O4/c24-20(14-9-11-16(12-10-14)23(26)27)22-13-15-5-1-2-6-17(15)18-7-3-4-8-19(18)21(22)25/h1-12H,13H2. The summed E-state index contributed by atoms with van der Waals surface area (Å²) in [6.45, 7) is 0.138. The molecule has 6 heteroatoms. The number of rotatable bonds is 2. The lowest BCUT2D eigenvalue weighted by Gasteiger charge is -2.19. The first kappa shape index (κ1) is 16.7. The van der Waals surface area contributed by atoms with Crippen molar-refractivity contribution in [1.29, 1.82) is 0 Å². The Morgan fingerprint density at radius 2 is 1.44 bits per heavy atom. The molecule has 3 aromatic rings. The van der Waals surface area contributed by atoms with Crippen LogP contribution >= 0.6 is 0 Å². The third-order valence-electron chi connectivity index (χ3n) is 4.61. The maximum atomic E-state index is 13.1. The first-order valence-corrected chi connectivity index (χ1v) is 8.34. The molecular formula is C21H14N2O4. The number of non-ortho nitro benzene ring substituents is 1. The highest BCUT2D eigenvalue weighted by atomic mass is 16.6. The Morgan fingerprint density at radius 1 is 0.852 bits per heavy atom. The molecule has 0 saturated carbocycles. The van der Waals surface area contributed by atoms with Crippen LogP contribution in [0, 0.1) is 10.1 Å². The summed E-state index contributed by atoms with van der Waals surface area (Å²) in [7, 11) is 0. The number of amides is 2. The van der Waals surface area contributed by atoms with Crippen LogP contribution in [-0.4, -0.2) is 21.6 Å². The fourth-order valence-electron chi connectivity index (χ4n) is 3.26. The van der Waals surface area contributed by atoms with Crippen molar-refractivity contribution in [1.82, 2.24) is 4.90 Å². The predicted octanol–water partition coefficient (Wildman–Crippen LogP) is 4.06. The van der Waals surface area contributed by atoms with Crippen LogP contribution in [-0.2, 0) is 6.54 Å². The summed E-state index contributed by atoms with van der Waals surface area (Å²) in [4.78, 5) is 37.6. The predicted molar refractivity (Wildman–Crippen MR) is 99.2 cm³/mol. The van der Waals surface area contributed by atoms with Crippen molar-refractivity contribution in [3.8, 4) is 11.1 Å². The van der Waals surface area contributed by atoms with Crippen molar-refractivity contribution in [2.45, 2.75) is 6.54 Å². The average molecular weight is 358 g/mol. The highest BCUT2D eigenvalue weighted by molar-refractivity contribution is 6.13. The number of carbonyl (C=O) groups is 2. The second kappa shape index (κ2) is 6.49. The molecule has 132 valence electrons. The van der Waals surface area contributed by atoms with Crippen LogP contribution in [0.5, 0.6) is 0 Å². The summed E-state index contributed by atoms with van der Waals surface area (Å²) >= 11 is 0. The molecule has 1 heterocycles. The molecule has 0 radical (unpaired) electrons. The zero-order chi connectivity index (χ0) is 19.0. The van der Waals surface area contributed by atoms with E-state index in [1.54, 1.807) is 12.1 Å². The van der Waals surface area contributed by atoms with E-state index in [1.165, 1.54) is 29.2 Å². The lowest BCUT2D eigenvalue weighted by atomic mass is 9.97. The Bertz CT molecular complexity index is 1070. The zero-order valence-electron chi connectivity index (χ0n) is 14.2. The van der Waals surface area contributed by atoms with Gasteiger partial charge in [-0.3, -0.25) is 24.6 Å². The molecule has 0 aliphatic carbocycles. The van der Waals surface area contributed by atoms with Gasteiger partial charge in [-0.05, 0) is 34.9 Å². The number of fused-ring (bicyclic) bond motifs is 3. The lowest BCUT2D eigenvalue weighted by Crippen LogP contribution is -2.35. The highest BCUT2D eigenvalue weighted by Crippen LogP contribution is 2.33.